The first-order valence-corrected chi connectivity index (χ1v) is 13.6. The fourth-order valence-corrected chi connectivity index (χ4v) is 6.90. The smallest absolute Gasteiger partial charge is 0.306 e. The van der Waals surface area contributed by atoms with Gasteiger partial charge < -0.3 is 4.74 Å². The fraction of sp³-hybridized carbons (Fsp3) is 0.269. The molecule has 0 saturated carbocycles. The minimum absolute atomic E-state index is 0.0193. The summed E-state index contributed by atoms with van der Waals surface area (Å²) < 4.78 is 35.1. The summed E-state index contributed by atoms with van der Waals surface area (Å²) in [6.45, 7) is 3.65. The third kappa shape index (κ3) is 4.75. The van der Waals surface area contributed by atoms with E-state index < -0.39 is 38.9 Å². The van der Waals surface area contributed by atoms with Gasteiger partial charge in [-0.1, -0.05) is 70.0 Å². The van der Waals surface area contributed by atoms with Crippen molar-refractivity contribution >= 4 is 37.6 Å². The standard InChI is InChI=1S/C26H25BrN2O6S/c1-3-35-24(30)16-21-19-8-5-7-11-23(19)28(36(33,34)18-14-12-17(2)13-15-18)25(26(21)29(31)32)20-9-4-6-10-22(20)27/h4-15,21,25-26H,3,16H2,1-2H3/t21-,25-,26+/m1/s1. The molecule has 0 unspecified atom stereocenters. The molecule has 0 saturated heterocycles. The zero-order valence-corrected chi connectivity index (χ0v) is 22.1. The largest absolute Gasteiger partial charge is 0.466 e. The number of nitro groups is 1. The van der Waals surface area contributed by atoms with Crippen molar-refractivity contribution in [2.45, 2.75) is 43.2 Å². The number of carbonyl (C=O) groups is 1. The molecule has 0 amide bonds. The number of carbonyl (C=O) groups excluding carboxylic acids is 1. The lowest BCUT2D eigenvalue weighted by atomic mass is 9.78. The summed E-state index contributed by atoms with van der Waals surface area (Å²) in [6, 6.07) is 17.1. The van der Waals surface area contributed by atoms with Gasteiger partial charge in [-0.05, 0) is 49.2 Å². The van der Waals surface area contributed by atoms with Crippen molar-refractivity contribution in [1.82, 2.24) is 0 Å². The lowest BCUT2D eigenvalue weighted by molar-refractivity contribution is -0.531. The third-order valence-corrected chi connectivity index (χ3v) is 8.83. The van der Waals surface area contributed by atoms with Crippen molar-refractivity contribution in [2.24, 2.45) is 0 Å². The molecular formula is C26H25BrN2O6S. The van der Waals surface area contributed by atoms with Gasteiger partial charge in [-0.3, -0.25) is 19.2 Å². The quantitative estimate of drug-likeness (QED) is 0.213. The van der Waals surface area contributed by atoms with Crippen molar-refractivity contribution in [2.75, 3.05) is 10.9 Å². The molecular weight excluding hydrogens is 548 g/mol. The molecule has 8 nitrogen and oxygen atoms in total. The third-order valence-electron chi connectivity index (χ3n) is 6.30. The summed E-state index contributed by atoms with van der Waals surface area (Å²) >= 11 is 3.47. The molecule has 0 aliphatic carbocycles. The Morgan fingerprint density at radius 2 is 1.64 bits per heavy atom. The first-order chi connectivity index (χ1) is 17.2. The maximum atomic E-state index is 14.2. The van der Waals surface area contributed by atoms with Crippen LogP contribution in [0.4, 0.5) is 5.69 Å². The number of sulfonamides is 1. The average molecular weight is 573 g/mol. The monoisotopic (exact) mass is 572 g/mol. The van der Waals surface area contributed by atoms with E-state index in [2.05, 4.69) is 15.9 Å². The lowest BCUT2D eigenvalue weighted by Gasteiger charge is -2.42. The van der Waals surface area contributed by atoms with Gasteiger partial charge in [0.1, 0.15) is 6.04 Å². The van der Waals surface area contributed by atoms with Crippen LogP contribution in [0, 0.1) is 17.0 Å². The van der Waals surface area contributed by atoms with Crippen LogP contribution >= 0.6 is 15.9 Å². The Morgan fingerprint density at radius 3 is 2.25 bits per heavy atom. The number of benzene rings is 3. The highest BCUT2D eigenvalue weighted by Gasteiger charge is 2.54. The normalized spacial score (nSPS) is 19.4. The number of halogens is 1. The summed E-state index contributed by atoms with van der Waals surface area (Å²) in [6.07, 6.45) is -0.254. The van der Waals surface area contributed by atoms with Crippen molar-refractivity contribution in [3.63, 3.8) is 0 Å². The van der Waals surface area contributed by atoms with E-state index in [1.54, 1.807) is 67.6 Å². The van der Waals surface area contributed by atoms with Gasteiger partial charge in [-0.25, -0.2) is 8.42 Å². The van der Waals surface area contributed by atoms with Gasteiger partial charge in [-0.2, -0.15) is 0 Å². The van der Waals surface area contributed by atoms with Gasteiger partial charge in [0.25, 0.3) is 10.0 Å². The Hall–Kier alpha value is -3.24. The van der Waals surface area contributed by atoms with Crippen LogP contribution in [0.1, 0.15) is 42.0 Å². The molecule has 0 N–H and O–H groups in total. The van der Waals surface area contributed by atoms with Crippen LogP contribution in [-0.4, -0.2) is 32.0 Å². The Kier molecular flexibility index (Phi) is 7.46. The maximum absolute atomic E-state index is 14.2. The SMILES string of the molecule is CCOC(=O)C[C@@H]1c2ccccc2N(S(=O)(=O)c2ccc(C)cc2)[C@H](c2ccccc2Br)[C@H]1[N+](=O)[O-]. The molecule has 3 atom stereocenters. The predicted octanol–water partition coefficient (Wildman–Crippen LogP) is 5.39. The zero-order valence-electron chi connectivity index (χ0n) is 19.7. The molecule has 1 aliphatic heterocycles. The molecule has 1 heterocycles. The van der Waals surface area contributed by atoms with Crippen LogP contribution in [0.5, 0.6) is 0 Å². The van der Waals surface area contributed by atoms with Crippen molar-refractivity contribution in [1.29, 1.82) is 0 Å². The van der Waals surface area contributed by atoms with E-state index in [-0.39, 0.29) is 17.9 Å². The average Bonchev–Trinajstić information content (AvgIpc) is 2.84. The molecule has 3 aromatic rings. The number of ether oxygens (including phenoxy) is 1. The molecule has 4 rings (SSSR count). The van der Waals surface area contributed by atoms with Gasteiger partial charge in [0, 0.05) is 9.40 Å². The Labute approximate surface area is 218 Å². The van der Waals surface area contributed by atoms with Gasteiger partial charge in [-0.15, -0.1) is 0 Å². The highest BCUT2D eigenvalue weighted by atomic mass is 79.9. The Morgan fingerprint density at radius 1 is 1.03 bits per heavy atom. The Balaban J connectivity index is 2.02. The molecule has 3 aromatic carbocycles. The first-order valence-electron chi connectivity index (χ1n) is 11.4. The zero-order chi connectivity index (χ0) is 26.0. The van der Waals surface area contributed by atoms with E-state index in [4.69, 9.17) is 4.74 Å². The van der Waals surface area contributed by atoms with E-state index >= 15 is 0 Å². The van der Waals surface area contributed by atoms with Gasteiger partial charge in [0.05, 0.1) is 29.5 Å². The van der Waals surface area contributed by atoms with E-state index in [0.29, 0.717) is 21.3 Å². The Bertz CT molecular complexity index is 1390. The highest BCUT2D eigenvalue weighted by Crippen LogP contribution is 2.50. The van der Waals surface area contributed by atoms with Crippen LogP contribution in [0.3, 0.4) is 0 Å². The van der Waals surface area contributed by atoms with Crippen LogP contribution in [-0.2, 0) is 19.6 Å². The van der Waals surface area contributed by atoms with Crippen LogP contribution < -0.4 is 4.31 Å². The summed E-state index contributed by atoms with van der Waals surface area (Å²) in [7, 11) is -4.24. The molecule has 0 radical (unpaired) electrons. The van der Waals surface area contributed by atoms with Crippen molar-refractivity contribution in [3.8, 4) is 0 Å². The highest BCUT2D eigenvalue weighted by molar-refractivity contribution is 9.10. The first kappa shape index (κ1) is 25.8. The van der Waals surface area contributed by atoms with Gasteiger partial charge in [0.15, 0.2) is 0 Å². The lowest BCUT2D eigenvalue weighted by Crippen LogP contribution is -2.50. The van der Waals surface area contributed by atoms with Crippen molar-refractivity contribution in [3.05, 3.63) is 104 Å². The second kappa shape index (κ2) is 10.4. The molecule has 10 heteroatoms. The number of aryl methyl sites for hydroxylation is 1. The number of nitrogens with zero attached hydrogens (tertiary/aromatic N) is 2. The van der Waals surface area contributed by atoms with Gasteiger partial charge in [0.2, 0.25) is 6.04 Å². The number of hydrogen-bond acceptors (Lipinski definition) is 6. The second-order valence-electron chi connectivity index (χ2n) is 8.53. The maximum Gasteiger partial charge on any atom is 0.306 e. The molecule has 0 spiro atoms. The summed E-state index contributed by atoms with van der Waals surface area (Å²) in [5, 5.41) is 12.7. The molecule has 1 aliphatic rings. The van der Waals surface area contributed by atoms with E-state index in [1.165, 1.54) is 12.1 Å². The van der Waals surface area contributed by atoms with Gasteiger partial charge >= 0.3 is 5.97 Å². The molecule has 0 bridgehead atoms. The number of esters is 1. The van der Waals surface area contributed by atoms with Crippen LogP contribution in [0.2, 0.25) is 0 Å². The number of para-hydroxylation sites is 1. The molecule has 0 aromatic heterocycles. The summed E-state index contributed by atoms with van der Waals surface area (Å²) in [5.41, 5.74) is 2.02. The predicted molar refractivity (Wildman–Crippen MR) is 139 cm³/mol. The van der Waals surface area contributed by atoms with E-state index in [0.717, 1.165) is 9.87 Å². The molecule has 188 valence electrons. The number of fused-ring (bicyclic) bond motifs is 1. The van der Waals surface area contributed by atoms with Crippen LogP contribution in [0.15, 0.2) is 82.2 Å². The van der Waals surface area contributed by atoms with Crippen LogP contribution in [0.25, 0.3) is 0 Å². The topological polar surface area (TPSA) is 107 Å². The summed E-state index contributed by atoms with van der Waals surface area (Å²) in [4.78, 5) is 24.8. The number of hydrogen-bond donors (Lipinski definition) is 0. The van der Waals surface area contributed by atoms with Crippen molar-refractivity contribution < 1.29 is 22.9 Å². The fourth-order valence-electron chi connectivity index (χ4n) is 4.71. The van der Waals surface area contributed by atoms with E-state index in [1.807, 2.05) is 6.92 Å². The molecule has 36 heavy (non-hydrogen) atoms. The van der Waals surface area contributed by atoms with E-state index in [9.17, 15) is 23.3 Å². The number of rotatable bonds is 7. The second-order valence-corrected chi connectivity index (χ2v) is 11.2. The number of anilines is 1. The minimum atomic E-state index is -4.24. The minimum Gasteiger partial charge on any atom is -0.466 e. The molecule has 0 fully saturated rings. The summed E-state index contributed by atoms with van der Waals surface area (Å²) in [5.74, 6) is -1.48.